The number of ether oxygens (including phenoxy) is 6. The fourth-order valence-electron chi connectivity index (χ4n) is 6.45. The molecule has 3 heterocycles. The number of carbonyl (C=O) groups is 2. The summed E-state index contributed by atoms with van der Waals surface area (Å²) in [6, 6.07) is 15.2. The van der Waals surface area contributed by atoms with Gasteiger partial charge in [0.2, 0.25) is 13.6 Å². The lowest BCUT2D eigenvalue weighted by atomic mass is 10.0. The second kappa shape index (κ2) is 16.5. The van der Waals surface area contributed by atoms with Gasteiger partial charge in [-0.3, -0.25) is 9.69 Å². The van der Waals surface area contributed by atoms with Crippen LogP contribution in [0.5, 0.6) is 28.7 Å². The number of carbonyl (C=O) groups excluding carboxylic acids is 2. The molecular weight excluding hydrogens is 656 g/mol. The third-order valence-corrected chi connectivity index (χ3v) is 9.32. The Kier molecular flexibility index (Phi) is 11.7. The van der Waals surface area contributed by atoms with E-state index in [0.717, 1.165) is 36.3 Å². The number of hydrogen-bond donors (Lipinski definition) is 3. The highest BCUT2D eigenvalue weighted by Crippen LogP contribution is 2.35. The van der Waals surface area contributed by atoms with Gasteiger partial charge in [0.1, 0.15) is 5.75 Å². The zero-order valence-electron chi connectivity index (χ0n) is 29.7. The Morgan fingerprint density at radius 1 is 0.902 bits per heavy atom. The third-order valence-electron chi connectivity index (χ3n) is 9.32. The molecule has 0 saturated heterocycles. The Morgan fingerprint density at radius 2 is 1.55 bits per heavy atom. The highest BCUT2D eigenvalue weighted by atomic mass is 16.7. The van der Waals surface area contributed by atoms with E-state index < -0.39 is 12.1 Å². The van der Waals surface area contributed by atoms with Crippen LogP contribution in [0.2, 0.25) is 0 Å². The number of rotatable bonds is 8. The molecule has 0 spiro atoms. The first-order valence-electron chi connectivity index (χ1n) is 17.6. The number of hydrogen-bond acceptors (Lipinski definition) is 10. The van der Waals surface area contributed by atoms with Crippen LogP contribution in [-0.2, 0) is 11.3 Å². The Hall–Kier alpha value is -4.72. The molecule has 0 radical (unpaired) electrons. The van der Waals surface area contributed by atoms with Crippen molar-refractivity contribution < 1.29 is 43.1 Å². The average molecular weight is 705 g/mol. The summed E-state index contributed by atoms with van der Waals surface area (Å²) < 4.78 is 34.7. The van der Waals surface area contributed by atoms with Crippen LogP contribution >= 0.6 is 0 Å². The normalized spacial score (nSPS) is 21.0. The fourth-order valence-corrected chi connectivity index (χ4v) is 6.45. The number of fused-ring (bicyclic) bond motifs is 3. The van der Waals surface area contributed by atoms with E-state index in [1.165, 1.54) is 0 Å². The lowest BCUT2D eigenvalue weighted by Gasteiger charge is -2.36. The van der Waals surface area contributed by atoms with Gasteiger partial charge in [-0.2, -0.15) is 0 Å². The Bertz CT molecular complexity index is 1690. The zero-order chi connectivity index (χ0) is 35.9. The van der Waals surface area contributed by atoms with Gasteiger partial charge >= 0.3 is 6.03 Å². The minimum absolute atomic E-state index is 0.0813. The average Bonchev–Trinajstić information content (AvgIpc) is 3.78. The van der Waals surface area contributed by atoms with Crippen molar-refractivity contribution in [3.05, 3.63) is 65.7 Å². The lowest BCUT2D eigenvalue weighted by molar-refractivity contribution is -0.0177. The van der Waals surface area contributed by atoms with E-state index in [-0.39, 0.29) is 44.2 Å². The first-order valence-corrected chi connectivity index (χ1v) is 17.6. The molecule has 0 aromatic heterocycles. The minimum Gasteiger partial charge on any atom is -0.490 e. The molecule has 274 valence electrons. The molecule has 6 rings (SSSR count). The first-order chi connectivity index (χ1) is 24.7. The van der Waals surface area contributed by atoms with Crippen molar-refractivity contribution in [3.8, 4) is 28.7 Å². The number of anilines is 2. The Morgan fingerprint density at radius 3 is 2.27 bits per heavy atom. The molecule has 0 bridgehead atoms. The maximum atomic E-state index is 14.5. The number of aliphatic hydroxyl groups is 1. The number of urea groups is 1. The minimum atomic E-state index is -0.490. The molecule has 3 N–H and O–H groups in total. The van der Waals surface area contributed by atoms with Gasteiger partial charge < -0.3 is 49.1 Å². The van der Waals surface area contributed by atoms with Crippen molar-refractivity contribution in [2.24, 2.45) is 5.92 Å². The van der Waals surface area contributed by atoms with E-state index in [0.29, 0.717) is 60.4 Å². The molecule has 3 aromatic carbocycles. The van der Waals surface area contributed by atoms with E-state index in [9.17, 15) is 14.7 Å². The highest BCUT2D eigenvalue weighted by molar-refractivity contribution is 6.02. The molecule has 13 heteroatoms. The molecule has 0 unspecified atom stereocenters. The van der Waals surface area contributed by atoms with Crippen LogP contribution in [-0.4, -0.2) is 92.0 Å². The molecular formula is C38H48N4O9. The van der Waals surface area contributed by atoms with Crippen LogP contribution in [0.25, 0.3) is 0 Å². The van der Waals surface area contributed by atoms with Crippen molar-refractivity contribution in [3.63, 3.8) is 0 Å². The van der Waals surface area contributed by atoms with E-state index >= 15 is 0 Å². The molecule has 13 nitrogen and oxygen atoms in total. The standard InChI is InChI=1S/C38H48N4O9/c1-24-18-42(25(2)21-43)37(44)30-16-28(39-38(45)40-29-10-13-33-35(17-29)50-23-48-33)9-12-31(30)51-26(3)7-5-6-14-46-36(24)20-41(4)19-27-8-11-32-34(15-27)49-22-47-32/h8-13,15-17,24-26,36,43H,5-7,14,18-23H2,1-4H3,(H2,39,40,45)/t24-,25-,26-,36+/m1/s1. The quantitative estimate of drug-likeness (QED) is 0.267. The molecule has 4 atom stereocenters. The van der Waals surface area contributed by atoms with Crippen LogP contribution < -0.4 is 34.3 Å². The molecule has 3 amide bonds. The van der Waals surface area contributed by atoms with E-state index in [1.807, 2.05) is 32.0 Å². The summed E-state index contributed by atoms with van der Waals surface area (Å²) in [5.74, 6) is 2.69. The molecule has 3 aromatic rings. The summed E-state index contributed by atoms with van der Waals surface area (Å²) >= 11 is 0. The third kappa shape index (κ3) is 9.15. The second-order valence-corrected chi connectivity index (χ2v) is 13.5. The van der Waals surface area contributed by atoms with Crippen LogP contribution in [0, 0.1) is 5.92 Å². The van der Waals surface area contributed by atoms with Crippen molar-refractivity contribution in [1.82, 2.24) is 9.80 Å². The van der Waals surface area contributed by atoms with Gasteiger partial charge in [-0.25, -0.2) is 4.79 Å². The van der Waals surface area contributed by atoms with E-state index in [4.69, 9.17) is 28.4 Å². The number of likely N-dealkylation sites (N-methyl/N-ethyl adjacent to an activating group) is 1. The molecule has 51 heavy (non-hydrogen) atoms. The summed E-state index contributed by atoms with van der Waals surface area (Å²) in [6.07, 6.45) is 2.18. The maximum absolute atomic E-state index is 14.5. The lowest BCUT2D eigenvalue weighted by Crippen LogP contribution is -2.47. The summed E-state index contributed by atoms with van der Waals surface area (Å²) in [4.78, 5) is 31.4. The summed E-state index contributed by atoms with van der Waals surface area (Å²) in [7, 11) is 2.05. The summed E-state index contributed by atoms with van der Waals surface area (Å²) in [5.41, 5.74) is 2.33. The highest BCUT2D eigenvalue weighted by Gasteiger charge is 2.31. The van der Waals surface area contributed by atoms with Crippen LogP contribution in [0.4, 0.5) is 16.2 Å². The number of nitrogens with zero attached hydrogens (tertiary/aromatic N) is 2. The molecule has 3 aliphatic rings. The van der Waals surface area contributed by atoms with Crippen LogP contribution in [0.3, 0.4) is 0 Å². The van der Waals surface area contributed by atoms with Gasteiger partial charge in [-0.15, -0.1) is 0 Å². The summed E-state index contributed by atoms with van der Waals surface area (Å²) in [5, 5.41) is 15.9. The Labute approximate surface area is 298 Å². The van der Waals surface area contributed by atoms with Crippen LogP contribution in [0.1, 0.15) is 56.0 Å². The monoisotopic (exact) mass is 704 g/mol. The topological polar surface area (TPSA) is 140 Å². The van der Waals surface area contributed by atoms with Gasteiger partial charge in [-0.05, 0) is 88.2 Å². The maximum Gasteiger partial charge on any atom is 0.323 e. The number of nitrogens with one attached hydrogen (secondary N) is 2. The second-order valence-electron chi connectivity index (χ2n) is 13.5. The predicted octanol–water partition coefficient (Wildman–Crippen LogP) is 5.72. The summed E-state index contributed by atoms with van der Waals surface area (Å²) in [6.45, 7) is 8.25. The predicted molar refractivity (Wildman–Crippen MR) is 191 cm³/mol. The first kappa shape index (κ1) is 36.1. The van der Waals surface area contributed by atoms with Gasteiger partial charge in [0.25, 0.3) is 5.91 Å². The smallest absolute Gasteiger partial charge is 0.323 e. The van der Waals surface area contributed by atoms with Gasteiger partial charge in [0, 0.05) is 49.6 Å². The molecule has 3 aliphatic heterocycles. The van der Waals surface area contributed by atoms with Crippen molar-refractivity contribution in [1.29, 1.82) is 0 Å². The van der Waals surface area contributed by atoms with E-state index in [2.05, 4.69) is 29.5 Å². The number of benzene rings is 3. The number of aliphatic hydroxyl groups excluding tert-OH is 1. The zero-order valence-corrected chi connectivity index (χ0v) is 29.7. The van der Waals surface area contributed by atoms with Gasteiger partial charge in [0.05, 0.1) is 30.4 Å². The Balaban J connectivity index is 1.20. The molecule has 0 saturated carbocycles. The largest absolute Gasteiger partial charge is 0.490 e. The van der Waals surface area contributed by atoms with Crippen molar-refractivity contribution in [2.75, 3.05) is 57.6 Å². The molecule has 0 fully saturated rings. The number of amides is 3. The van der Waals surface area contributed by atoms with Gasteiger partial charge in [0.15, 0.2) is 23.0 Å². The SMILES string of the molecule is C[C@@H]1CCCCO[C@@H](CN(C)Cc2ccc3c(c2)OCO3)[C@H](C)CN([C@H](C)CO)C(=O)c2cc(NC(=O)Nc3ccc4c(c3)OCO4)ccc2O1. The fraction of sp³-hybridized carbons (Fsp3) is 0.474. The van der Waals surface area contributed by atoms with Gasteiger partial charge in [-0.1, -0.05) is 13.0 Å². The van der Waals surface area contributed by atoms with Crippen molar-refractivity contribution in [2.45, 2.75) is 64.8 Å². The molecule has 0 aliphatic carbocycles. The van der Waals surface area contributed by atoms with E-state index in [1.54, 1.807) is 41.3 Å². The van der Waals surface area contributed by atoms with Crippen molar-refractivity contribution >= 4 is 23.3 Å². The van der Waals surface area contributed by atoms with Crippen LogP contribution in [0.15, 0.2) is 54.6 Å².